The molecule has 1 aliphatic rings. The largest absolute Gasteiger partial charge is 0.349 e. The van der Waals surface area contributed by atoms with Crippen molar-refractivity contribution in [2.45, 2.75) is 31.7 Å². The molecule has 0 radical (unpaired) electrons. The van der Waals surface area contributed by atoms with Gasteiger partial charge in [-0.15, -0.1) is 0 Å². The number of amides is 1. The Balaban J connectivity index is 1.69. The topological polar surface area (TPSA) is 66.9 Å². The van der Waals surface area contributed by atoms with Crippen LogP contribution in [-0.4, -0.2) is 21.9 Å². The molecule has 0 saturated heterocycles. The SMILES string of the molecule is O=C(NC1CCCC1)c1cccc(Nc2ncccn2)c1. The van der Waals surface area contributed by atoms with E-state index < -0.39 is 0 Å². The van der Waals surface area contributed by atoms with Gasteiger partial charge in [0.05, 0.1) is 0 Å². The summed E-state index contributed by atoms with van der Waals surface area (Å²) < 4.78 is 0. The lowest BCUT2D eigenvalue weighted by atomic mass is 10.1. The summed E-state index contributed by atoms with van der Waals surface area (Å²) in [6.07, 6.45) is 7.93. The Hall–Kier alpha value is -2.43. The molecule has 1 amide bonds. The Bertz CT molecular complexity index is 609. The van der Waals surface area contributed by atoms with Crippen LogP contribution in [0.4, 0.5) is 11.6 Å². The van der Waals surface area contributed by atoms with E-state index in [0.29, 0.717) is 17.6 Å². The molecular weight excluding hydrogens is 264 g/mol. The van der Waals surface area contributed by atoms with Crippen LogP contribution in [0, 0.1) is 0 Å². The minimum Gasteiger partial charge on any atom is -0.349 e. The predicted molar refractivity (Wildman–Crippen MR) is 81.5 cm³/mol. The maximum absolute atomic E-state index is 12.2. The zero-order valence-corrected chi connectivity index (χ0v) is 11.7. The number of rotatable bonds is 4. The van der Waals surface area contributed by atoms with E-state index in [4.69, 9.17) is 0 Å². The third-order valence-corrected chi connectivity index (χ3v) is 3.64. The van der Waals surface area contributed by atoms with Crippen LogP contribution in [-0.2, 0) is 0 Å². The van der Waals surface area contributed by atoms with Crippen LogP contribution in [0.25, 0.3) is 0 Å². The van der Waals surface area contributed by atoms with Gasteiger partial charge in [0, 0.05) is 29.7 Å². The quantitative estimate of drug-likeness (QED) is 0.905. The second-order valence-electron chi connectivity index (χ2n) is 5.23. The van der Waals surface area contributed by atoms with E-state index in [0.717, 1.165) is 18.5 Å². The van der Waals surface area contributed by atoms with Crippen LogP contribution in [0.3, 0.4) is 0 Å². The van der Waals surface area contributed by atoms with Crippen LogP contribution in [0.2, 0.25) is 0 Å². The lowest BCUT2D eigenvalue weighted by molar-refractivity contribution is 0.0938. The van der Waals surface area contributed by atoms with E-state index in [9.17, 15) is 4.79 Å². The van der Waals surface area contributed by atoms with Gasteiger partial charge in [0.1, 0.15) is 0 Å². The summed E-state index contributed by atoms with van der Waals surface area (Å²) in [4.78, 5) is 20.5. The van der Waals surface area contributed by atoms with Crippen molar-refractivity contribution in [3.05, 3.63) is 48.3 Å². The fourth-order valence-electron chi connectivity index (χ4n) is 2.57. The molecule has 0 atom stereocenters. The van der Waals surface area contributed by atoms with Crippen molar-refractivity contribution in [1.29, 1.82) is 0 Å². The van der Waals surface area contributed by atoms with E-state index in [2.05, 4.69) is 20.6 Å². The molecule has 1 fully saturated rings. The number of nitrogens with one attached hydrogen (secondary N) is 2. The number of anilines is 2. The molecule has 108 valence electrons. The smallest absolute Gasteiger partial charge is 0.251 e. The lowest BCUT2D eigenvalue weighted by Crippen LogP contribution is -2.32. The van der Waals surface area contributed by atoms with Gasteiger partial charge < -0.3 is 10.6 Å². The molecule has 0 spiro atoms. The van der Waals surface area contributed by atoms with Crippen LogP contribution in [0.5, 0.6) is 0 Å². The summed E-state index contributed by atoms with van der Waals surface area (Å²) in [5.41, 5.74) is 1.46. The molecule has 1 aromatic carbocycles. The highest BCUT2D eigenvalue weighted by Crippen LogP contribution is 2.19. The van der Waals surface area contributed by atoms with E-state index in [1.807, 2.05) is 24.3 Å². The third-order valence-electron chi connectivity index (χ3n) is 3.64. The van der Waals surface area contributed by atoms with Gasteiger partial charge >= 0.3 is 0 Å². The van der Waals surface area contributed by atoms with Crippen molar-refractivity contribution < 1.29 is 4.79 Å². The van der Waals surface area contributed by atoms with E-state index in [-0.39, 0.29) is 5.91 Å². The number of aromatic nitrogens is 2. The molecule has 1 heterocycles. The molecule has 0 unspecified atom stereocenters. The van der Waals surface area contributed by atoms with Gasteiger partial charge in [-0.2, -0.15) is 0 Å². The van der Waals surface area contributed by atoms with Gasteiger partial charge in [0.25, 0.3) is 5.91 Å². The minimum absolute atomic E-state index is 0.0143. The number of hydrogen-bond acceptors (Lipinski definition) is 4. The Morgan fingerprint density at radius 1 is 1.10 bits per heavy atom. The number of carbonyl (C=O) groups is 1. The van der Waals surface area contributed by atoms with Crippen molar-refractivity contribution in [3.63, 3.8) is 0 Å². The monoisotopic (exact) mass is 282 g/mol. The fraction of sp³-hybridized carbons (Fsp3) is 0.312. The first-order valence-corrected chi connectivity index (χ1v) is 7.26. The first kappa shape index (κ1) is 13.5. The molecule has 5 nitrogen and oxygen atoms in total. The molecule has 2 N–H and O–H groups in total. The molecule has 5 heteroatoms. The number of carbonyl (C=O) groups excluding carboxylic acids is 1. The first-order valence-electron chi connectivity index (χ1n) is 7.26. The van der Waals surface area contributed by atoms with Gasteiger partial charge in [0.15, 0.2) is 0 Å². The van der Waals surface area contributed by atoms with Crippen molar-refractivity contribution in [3.8, 4) is 0 Å². The summed E-state index contributed by atoms with van der Waals surface area (Å²) in [6, 6.07) is 9.47. The molecule has 1 aliphatic carbocycles. The second kappa shape index (κ2) is 6.35. The summed E-state index contributed by atoms with van der Waals surface area (Å²) in [5, 5.41) is 6.18. The van der Waals surface area contributed by atoms with Gasteiger partial charge in [-0.05, 0) is 37.1 Å². The standard InChI is InChI=1S/C16H18N4O/c21-15(19-13-6-1-2-7-13)12-5-3-8-14(11-12)20-16-17-9-4-10-18-16/h3-5,8-11,13H,1-2,6-7H2,(H,19,21)(H,17,18,20). The molecule has 0 bridgehead atoms. The van der Waals surface area contributed by atoms with Crippen LogP contribution < -0.4 is 10.6 Å². The van der Waals surface area contributed by atoms with Gasteiger partial charge in [-0.1, -0.05) is 18.9 Å². The Morgan fingerprint density at radius 2 is 1.86 bits per heavy atom. The van der Waals surface area contributed by atoms with Crippen LogP contribution in [0.15, 0.2) is 42.7 Å². The van der Waals surface area contributed by atoms with Crippen molar-refractivity contribution in [1.82, 2.24) is 15.3 Å². The number of nitrogens with zero attached hydrogens (tertiary/aromatic N) is 2. The molecular formula is C16H18N4O. The first-order chi connectivity index (χ1) is 10.3. The van der Waals surface area contributed by atoms with E-state index >= 15 is 0 Å². The summed E-state index contributed by atoms with van der Waals surface area (Å²) in [5.74, 6) is 0.505. The third kappa shape index (κ3) is 3.56. The second-order valence-corrected chi connectivity index (χ2v) is 5.23. The zero-order valence-electron chi connectivity index (χ0n) is 11.7. The minimum atomic E-state index is -0.0143. The lowest BCUT2D eigenvalue weighted by Gasteiger charge is -2.12. The molecule has 0 aliphatic heterocycles. The van der Waals surface area contributed by atoms with Gasteiger partial charge in [-0.25, -0.2) is 9.97 Å². The van der Waals surface area contributed by atoms with Crippen molar-refractivity contribution >= 4 is 17.5 Å². The zero-order chi connectivity index (χ0) is 14.5. The summed E-state index contributed by atoms with van der Waals surface area (Å²) in [7, 11) is 0. The van der Waals surface area contributed by atoms with Crippen LogP contribution in [0.1, 0.15) is 36.0 Å². The summed E-state index contributed by atoms with van der Waals surface area (Å²) in [6.45, 7) is 0. The van der Waals surface area contributed by atoms with E-state index in [1.54, 1.807) is 18.5 Å². The highest BCUT2D eigenvalue weighted by Gasteiger charge is 2.18. The molecule has 1 aromatic heterocycles. The average molecular weight is 282 g/mol. The van der Waals surface area contributed by atoms with Crippen LogP contribution >= 0.6 is 0 Å². The maximum atomic E-state index is 12.2. The Morgan fingerprint density at radius 3 is 2.62 bits per heavy atom. The Kier molecular flexibility index (Phi) is 4.09. The normalized spacial score (nSPS) is 14.9. The maximum Gasteiger partial charge on any atom is 0.251 e. The number of hydrogen-bond donors (Lipinski definition) is 2. The van der Waals surface area contributed by atoms with Crippen molar-refractivity contribution in [2.24, 2.45) is 0 Å². The summed E-state index contributed by atoms with van der Waals surface area (Å²) >= 11 is 0. The average Bonchev–Trinajstić information content (AvgIpc) is 3.01. The van der Waals surface area contributed by atoms with Gasteiger partial charge in [-0.3, -0.25) is 4.79 Å². The fourth-order valence-corrected chi connectivity index (χ4v) is 2.57. The Labute approximate surface area is 123 Å². The molecule has 3 rings (SSSR count). The molecule has 2 aromatic rings. The molecule has 1 saturated carbocycles. The number of benzene rings is 1. The van der Waals surface area contributed by atoms with Crippen molar-refractivity contribution in [2.75, 3.05) is 5.32 Å². The highest BCUT2D eigenvalue weighted by molar-refractivity contribution is 5.95. The predicted octanol–water partition coefficient (Wildman–Crippen LogP) is 2.89. The van der Waals surface area contributed by atoms with Gasteiger partial charge in [0.2, 0.25) is 5.95 Å². The van der Waals surface area contributed by atoms with E-state index in [1.165, 1.54) is 12.8 Å². The molecule has 21 heavy (non-hydrogen) atoms. The highest BCUT2D eigenvalue weighted by atomic mass is 16.1.